The first kappa shape index (κ1) is 26.5. The lowest BCUT2D eigenvalue weighted by molar-refractivity contribution is -0.235. The van der Waals surface area contributed by atoms with Crippen LogP contribution in [0.5, 0.6) is 0 Å². The number of methoxy groups -OCH3 is 2. The van der Waals surface area contributed by atoms with E-state index in [1.807, 2.05) is 6.92 Å². The first-order valence-corrected chi connectivity index (χ1v) is 11.5. The highest BCUT2D eigenvalue weighted by molar-refractivity contribution is 5.85. The van der Waals surface area contributed by atoms with Gasteiger partial charge < -0.3 is 18.9 Å². The summed E-state index contributed by atoms with van der Waals surface area (Å²) >= 11 is 0. The van der Waals surface area contributed by atoms with Gasteiger partial charge in [0, 0.05) is 43.7 Å². The van der Waals surface area contributed by atoms with Crippen molar-refractivity contribution in [3.8, 4) is 22.6 Å². The van der Waals surface area contributed by atoms with Crippen LogP contribution < -0.4 is 5.32 Å². The van der Waals surface area contributed by atoms with Gasteiger partial charge >= 0.3 is 12.3 Å². The molecule has 1 aliphatic rings. The van der Waals surface area contributed by atoms with E-state index in [1.54, 1.807) is 44.6 Å². The first-order chi connectivity index (χ1) is 17.7. The van der Waals surface area contributed by atoms with Crippen LogP contribution in [0.2, 0.25) is 0 Å². The summed E-state index contributed by atoms with van der Waals surface area (Å²) in [7, 11) is 3.14. The SMILES string of the molecule is CO[C@H]1[C@H](C)O[C@@H](OC(=O)Nc2ccc(-c3ccnc(-c4ccc(C(F)(F)F)cc4)n3)cc2)C[C@@H]1OC. The molecule has 4 atom stereocenters. The summed E-state index contributed by atoms with van der Waals surface area (Å²) < 4.78 is 60.4. The van der Waals surface area contributed by atoms with E-state index in [4.69, 9.17) is 18.9 Å². The molecule has 0 saturated carbocycles. The number of nitrogens with zero attached hydrogens (tertiary/aromatic N) is 2. The minimum Gasteiger partial charge on any atom is -0.419 e. The van der Waals surface area contributed by atoms with Crippen LogP contribution in [0.1, 0.15) is 18.9 Å². The number of ether oxygens (including phenoxy) is 4. The number of rotatable bonds is 6. The Morgan fingerprint density at radius 1 is 1.00 bits per heavy atom. The molecule has 0 unspecified atom stereocenters. The van der Waals surface area contributed by atoms with Gasteiger partial charge in [-0.05, 0) is 37.3 Å². The van der Waals surface area contributed by atoms with Crippen molar-refractivity contribution in [2.75, 3.05) is 19.5 Å². The lowest BCUT2D eigenvalue weighted by Gasteiger charge is -2.38. The molecule has 1 saturated heterocycles. The summed E-state index contributed by atoms with van der Waals surface area (Å²) in [5, 5.41) is 2.66. The topological polar surface area (TPSA) is 91.8 Å². The smallest absolute Gasteiger partial charge is 0.416 e. The highest BCUT2D eigenvalue weighted by atomic mass is 19.4. The summed E-state index contributed by atoms with van der Waals surface area (Å²) in [6.07, 6.45) is -4.86. The number of hydrogen-bond donors (Lipinski definition) is 1. The summed E-state index contributed by atoms with van der Waals surface area (Å²) in [5.41, 5.74) is 1.51. The van der Waals surface area contributed by atoms with Crippen LogP contribution in [0, 0.1) is 0 Å². The molecule has 0 bridgehead atoms. The maximum Gasteiger partial charge on any atom is 0.416 e. The fraction of sp³-hybridized carbons (Fsp3) is 0.346. The number of carbonyl (C=O) groups excluding carboxylic acids is 1. The van der Waals surface area contributed by atoms with E-state index in [0.717, 1.165) is 17.7 Å². The second kappa shape index (κ2) is 11.2. The van der Waals surface area contributed by atoms with Crippen molar-refractivity contribution < 1.29 is 36.9 Å². The molecule has 0 radical (unpaired) electrons. The Labute approximate surface area is 211 Å². The maximum atomic E-state index is 12.8. The predicted octanol–water partition coefficient (Wildman–Crippen LogP) is 5.54. The Kier molecular flexibility index (Phi) is 8.06. The average molecular weight is 518 g/mol. The number of nitrogens with one attached hydrogen (secondary N) is 1. The Bertz CT molecular complexity index is 1210. The lowest BCUT2D eigenvalue weighted by Crippen LogP contribution is -2.50. The van der Waals surface area contributed by atoms with E-state index in [-0.39, 0.29) is 18.3 Å². The van der Waals surface area contributed by atoms with E-state index >= 15 is 0 Å². The van der Waals surface area contributed by atoms with Gasteiger partial charge in [0.25, 0.3) is 0 Å². The van der Waals surface area contributed by atoms with Gasteiger partial charge in [-0.3, -0.25) is 5.32 Å². The summed E-state index contributed by atoms with van der Waals surface area (Å²) in [6, 6.07) is 13.2. The lowest BCUT2D eigenvalue weighted by atomic mass is 10.0. The second-order valence-corrected chi connectivity index (χ2v) is 8.43. The van der Waals surface area contributed by atoms with Crippen molar-refractivity contribution in [1.29, 1.82) is 0 Å². The largest absolute Gasteiger partial charge is 0.419 e. The van der Waals surface area contributed by atoms with Crippen LogP contribution in [-0.4, -0.2) is 54.9 Å². The molecule has 2 aromatic carbocycles. The molecule has 4 rings (SSSR count). The molecule has 1 aromatic heterocycles. The highest BCUT2D eigenvalue weighted by Crippen LogP contribution is 2.31. The number of halogens is 3. The quantitative estimate of drug-likeness (QED) is 0.459. The van der Waals surface area contributed by atoms with Crippen LogP contribution in [0.4, 0.5) is 23.7 Å². The van der Waals surface area contributed by atoms with Gasteiger partial charge in [0.2, 0.25) is 6.29 Å². The van der Waals surface area contributed by atoms with E-state index in [1.165, 1.54) is 18.3 Å². The molecule has 1 N–H and O–H groups in total. The number of hydrogen-bond acceptors (Lipinski definition) is 7. The van der Waals surface area contributed by atoms with Gasteiger partial charge in [-0.1, -0.05) is 24.3 Å². The zero-order valence-corrected chi connectivity index (χ0v) is 20.4. The van der Waals surface area contributed by atoms with Crippen LogP contribution in [0.15, 0.2) is 60.8 Å². The zero-order chi connectivity index (χ0) is 26.6. The van der Waals surface area contributed by atoms with Gasteiger partial charge in [0.05, 0.1) is 23.5 Å². The van der Waals surface area contributed by atoms with Crippen molar-refractivity contribution in [2.24, 2.45) is 0 Å². The number of carbonyl (C=O) groups is 1. The average Bonchev–Trinajstić information content (AvgIpc) is 2.88. The van der Waals surface area contributed by atoms with Crippen LogP contribution in [0.3, 0.4) is 0 Å². The number of aromatic nitrogens is 2. The Balaban J connectivity index is 1.39. The van der Waals surface area contributed by atoms with Crippen LogP contribution in [-0.2, 0) is 25.1 Å². The first-order valence-electron chi connectivity index (χ1n) is 11.5. The minimum absolute atomic E-state index is 0.262. The van der Waals surface area contributed by atoms with Gasteiger partial charge in [0.15, 0.2) is 5.82 Å². The summed E-state index contributed by atoms with van der Waals surface area (Å²) in [4.78, 5) is 21.0. The number of anilines is 1. The highest BCUT2D eigenvalue weighted by Gasteiger charge is 2.38. The Hall–Kier alpha value is -3.54. The number of amides is 1. The molecule has 1 aliphatic heterocycles. The molecule has 11 heteroatoms. The van der Waals surface area contributed by atoms with Crippen molar-refractivity contribution in [3.63, 3.8) is 0 Å². The number of benzene rings is 2. The molecule has 1 amide bonds. The minimum atomic E-state index is -4.41. The third-order valence-electron chi connectivity index (χ3n) is 5.99. The normalized spacial score (nSPS) is 21.9. The van der Waals surface area contributed by atoms with Crippen molar-refractivity contribution >= 4 is 11.8 Å². The Morgan fingerprint density at radius 3 is 2.30 bits per heavy atom. The van der Waals surface area contributed by atoms with E-state index < -0.39 is 24.1 Å². The molecule has 1 fully saturated rings. The molecule has 8 nitrogen and oxygen atoms in total. The molecule has 3 aromatic rings. The zero-order valence-electron chi connectivity index (χ0n) is 20.4. The van der Waals surface area contributed by atoms with Crippen LogP contribution in [0.25, 0.3) is 22.6 Å². The van der Waals surface area contributed by atoms with Crippen molar-refractivity contribution in [2.45, 2.75) is 44.1 Å². The standard InChI is InChI=1S/C26H26F3N3O5/c1-15-23(35-3)21(34-2)14-22(36-15)37-25(33)31-19-10-6-16(7-11-19)20-12-13-30-24(32-20)17-4-8-18(9-5-17)26(27,28)29/h4-13,15,21-23H,14H2,1-3H3,(H,31,33)/t15-,21-,22-,23-/m0/s1. The fourth-order valence-electron chi connectivity index (χ4n) is 4.11. The third kappa shape index (κ3) is 6.43. The third-order valence-corrected chi connectivity index (χ3v) is 5.99. The van der Waals surface area contributed by atoms with Gasteiger partial charge in [-0.15, -0.1) is 0 Å². The molecular weight excluding hydrogens is 491 g/mol. The molecule has 37 heavy (non-hydrogen) atoms. The molecule has 0 aliphatic carbocycles. The predicted molar refractivity (Wildman–Crippen MR) is 129 cm³/mol. The molecular formula is C26H26F3N3O5. The van der Waals surface area contributed by atoms with E-state index in [9.17, 15) is 18.0 Å². The summed E-state index contributed by atoms with van der Waals surface area (Å²) in [5.74, 6) is 0.295. The van der Waals surface area contributed by atoms with Crippen molar-refractivity contribution in [1.82, 2.24) is 9.97 Å². The van der Waals surface area contributed by atoms with Crippen LogP contribution >= 0.6 is 0 Å². The second-order valence-electron chi connectivity index (χ2n) is 8.43. The number of alkyl halides is 3. The maximum absolute atomic E-state index is 12.8. The van der Waals surface area contributed by atoms with E-state index in [2.05, 4.69) is 15.3 Å². The van der Waals surface area contributed by atoms with Crippen molar-refractivity contribution in [3.05, 3.63) is 66.4 Å². The van der Waals surface area contributed by atoms with Gasteiger partial charge in [-0.25, -0.2) is 14.8 Å². The monoisotopic (exact) mass is 517 g/mol. The fourth-order valence-corrected chi connectivity index (χ4v) is 4.11. The molecule has 196 valence electrons. The molecule has 0 spiro atoms. The molecule has 2 heterocycles. The summed E-state index contributed by atoms with van der Waals surface area (Å²) in [6.45, 7) is 1.82. The van der Waals surface area contributed by atoms with Gasteiger partial charge in [0.1, 0.15) is 6.10 Å². The van der Waals surface area contributed by atoms with Gasteiger partial charge in [-0.2, -0.15) is 13.2 Å². The Morgan fingerprint density at radius 2 is 1.68 bits per heavy atom. The van der Waals surface area contributed by atoms with E-state index in [0.29, 0.717) is 29.2 Å².